The van der Waals surface area contributed by atoms with Crippen LogP contribution >= 0.6 is 0 Å². The smallest absolute Gasteiger partial charge is 0.326 e. The van der Waals surface area contributed by atoms with Crippen molar-refractivity contribution in [3.8, 4) is 22.5 Å². The molecule has 9 heteroatoms. The third-order valence-corrected chi connectivity index (χ3v) is 7.60. The molecule has 1 amide bonds. The van der Waals surface area contributed by atoms with Gasteiger partial charge >= 0.3 is 5.69 Å². The van der Waals surface area contributed by atoms with Gasteiger partial charge < -0.3 is 9.88 Å². The summed E-state index contributed by atoms with van der Waals surface area (Å²) in [6.07, 6.45) is 1.31. The second kappa shape index (κ2) is 9.60. The first-order valence-corrected chi connectivity index (χ1v) is 13.3. The molecule has 3 aromatic carbocycles. The number of para-hydroxylation sites is 2. The fourth-order valence-corrected chi connectivity index (χ4v) is 5.57. The van der Waals surface area contributed by atoms with Gasteiger partial charge in [0.25, 0.3) is 5.91 Å². The number of amides is 1. The molecule has 1 aliphatic rings. The van der Waals surface area contributed by atoms with Gasteiger partial charge in [0.2, 0.25) is 0 Å². The number of halogens is 1. The quantitative estimate of drug-likeness (QED) is 0.333. The number of rotatable bonds is 4. The number of likely N-dealkylation sites (tertiary alicyclic amines) is 1. The van der Waals surface area contributed by atoms with Gasteiger partial charge in [-0.05, 0) is 55.3 Å². The van der Waals surface area contributed by atoms with Crippen LogP contribution in [0.4, 0.5) is 4.39 Å². The molecule has 1 fully saturated rings. The standard InChI is InChI=1S/C31H25FN6O2/c32-22-12-10-21(11-13-22)25-18-28(38-29(33-25)19-26(35-38)20-6-2-1-3-7-20)30(39)36-16-14-23(15-17-36)37-27-9-5-4-8-24(27)34-31(37)40/h1-13,18-19,23H,14-17H2,(H,34,40). The van der Waals surface area contributed by atoms with Gasteiger partial charge in [0, 0.05) is 36.3 Å². The molecule has 1 N–H and O–H groups in total. The lowest BCUT2D eigenvalue weighted by molar-refractivity contribution is 0.0686. The lowest BCUT2D eigenvalue weighted by Gasteiger charge is -2.32. The van der Waals surface area contributed by atoms with Crippen molar-refractivity contribution in [1.82, 2.24) is 29.0 Å². The lowest BCUT2D eigenvalue weighted by Crippen LogP contribution is -2.41. The predicted molar refractivity (Wildman–Crippen MR) is 151 cm³/mol. The number of H-pyrrole nitrogens is 1. The lowest BCUT2D eigenvalue weighted by atomic mass is 10.0. The average molecular weight is 533 g/mol. The van der Waals surface area contributed by atoms with E-state index in [1.807, 2.05) is 70.1 Å². The molecule has 1 saturated heterocycles. The highest BCUT2D eigenvalue weighted by molar-refractivity contribution is 5.94. The number of aromatic amines is 1. The van der Waals surface area contributed by atoms with Gasteiger partial charge in [0.05, 0.1) is 22.4 Å². The van der Waals surface area contributed by atoms with Gasteiger partial charge in [-0.25, -0.2) is 18.7 Å². The summed E-state index contributed by atoms with van der Waals surface area (Å²) in [6.45, 7) is 0.996. The summed E-state index contributed by atoms with van der Waals surface area (Å²) in [4.78, 5) is 36.2. The van der Waals surface area contributed by atoms with E-state index in [1.54, 1.807) is 22.7 Å². The van der Waals surface area contributed by atoms with Gasteiger partial charge in [0.1, 0.15) is 11.5 Å². The van der Waals surface area contributed by atoms with Crippen molar-refractivity contribution in [2.24, 2.45) is 0 Å². The summed E-state index contributed by atoms with van der Waals surface area (Å²) in [7, 11) is 0. The SMILES string of the molecule is O=C(c1cc(-c2ccc(F)cc2)nc2cc(-c3ccccc3)nn12)N1CCC(n2c(=O)[nH]c3ccccc32)CC1. The van der Waals surface area contributed by atoms with Gasteiger partial charge in [0.15, 0.2) is 5.65 Å². The zero-order valence-electron chi connectivity index (χ0n) is 21.5. The Morgan fingerprint density at radius 1 is 0.850 bits per heavy atom. The van der Waals surface area contributed by atoms with Crippen LogP contribution in [0.3, 0.4) is 0 Å². The molecule has 0 bridgehead atoms. The van der Waals surface area contributed by atoms with Crippen molar-refractivity contribution in [2.75, 3.05) is 13.1 Å². The van der Waals surface area contributed by atoms with Crippen molar-refractivity contribution in [3.05, 3.63) is 113 Å². The minimum absolute atomic E-state index is 0.00526. The number of carbonyl (C=O) groups excluding carboxylic acids is 1. The van der Waals surface area contributed by atoms with E-state index in [-0.39, 0.29) is 23.5 Å². The van der Waals surface area contributed by atoms with Crippen LogP contribution in [0, 0.1) is 5.82 Å². The Bertz CT molecular complexity index is 1920. The number of nitrogens with zero attached hydrogens (tertiary/aromatic N) is 5. The van der Waals surface area contributed by atoms with Crippen LogP contribution in [-0.4, -0.2) is 48.0 Å². The molecule has 0 unspecified atom stereocenters. The van der Waals surface area contributed by atoms with Crippen LogP contribution in [0.5, 0.6) is 0 Å². The molecule has 0 atom stereocenters. The summed E-state index contributed by atoms with van der Waals surface area (Å²) in [5.41, 5.74) is 5.37. The van der Waals surface area contributed by atoms with E-state index >= 15 is 0 Å². The highest BCUT2D eigenvalue weighted by atomic mass is 19.1. The van der Waals surface area contributed by atoms with Gasteiger partial charge in [-0.1, -0.05) is 42.5 Å². The Kier molecular flexibility index (Phi) is 5.77. The van der Waals surface area contributed by atoms with Crippen LogP contribution in [0.2, 0.25) is 0 Å². The van der Waals surface area contributed by atoms with E-state index in [9.17, 15) is 14.0 Å². The van der Waals surface area contributed by atoms with Gasteiger partial charge in [-0.2, -0.15) is 5.10 Å². The molecular weight excluding hydrogens is 507 g/mol. The van der Waals surface area contributed by atoms with Gasteiger partial charge in [-0.3, -0.25) is 9.36 Å². The number of fused-ring (bicyclic) bond motifs is 2. The number of carbonyl (C=O) groups is 1. The zero-order valence-corrected chi connectivity index (χ0v) is 21.5. The number of benzene rings is 3. The van der Waals surface area contributed by atoms with Gasteiger partial charge in [-0.15, -0.1) is 0 Å². The number of piperidine rings is 1. The topological polar surface area (TPSA) is 88.3 Å². The van der Waals surface area contributed by atoms with Crippen LogP contribution < -0.4 is 5.69 Å². The fourth-order valence-electron chi connectivity index (χ4n) is 5.57. The maximum atomic E-state index is 14.0. The first kappa shape index (κ1) is 24.0. The highest BCUT2D eigenvalue weighted by Gasteiger charge is 2.28. The van der Waals surface area contributed by atoms with Crippen molar-refractivity contribution < 1.29 is 9.18 Å². The van der Waals surface area contributed by atoms with Crippen molar-refractivity contribution >= 4 is 22.6 Å². The Hall–Kier alpha value is -5.05. The van der Waals surface area contributed by atoms with Crippen LogP contribution in [-0.2, 0) is 0 Å². The van der Waals surface area contributed by atoms with Crippen LogP contribution in [0.25, 0.3) is 39.2 Å². The third-order valence-electron chi connectivity index (χ3n) is 7.60. The maximum absolute atomic E-state index is 14.0. The van der Waals surface area contributed by atoms with Crippen molar-refractivity contribution in [2.45, 2.75) is 18.9 Å². The summed E-state index contributed by atoms with van der Waals surface area (Å²) in [6, 6.07) is 27.0. The monoisotopic (exact) mass is 532 g/mol. The molecule has 198 valence electrons. The maximum Gasteiger partial charge on any atom is 0.326 e. The molecule has 8 nitrogen and oxygen atoms in total. The van der Waals surface area contributed by atoms with E-state index in [0.29, 0.717) is 54.2 Å². The minimum Gasteiger partial charge on any atom is -0.337 e. The number of imidazole rings is 1. The molecule has 0 saturated carbocycles. The molecule has 0 spiro atoms. The molecule has 0 radical (unpaired) electrons. The zero-order chi connectivity index (χ0) is 27.2. The van der Waals surface area contributed by atoms with Crippen LogP contribution in [0.15, 0.2) is 95.8 Å². The molecule has 3 aromatic heterocycles. The number of nitrogens with one attached hydrogen (secondary N) is 1. The largest absolute Gasteiger partial charge is 0.337 e. The van der Waals surface area contributed by atoms with E-state index in [0.717, 1.165) is 16.6 Å². The van der Waals surface area contributed by atoms with E-state index < -0.39 is 0 Å². The number of hydrogen-bond donors (Lipinski definition) is 1. The normalized spacial score (nSPS) is 14.3. The Labute approximate surface area is 228 Å². The van der Waals surface area contributed by atoms with E-state index in [1.165, 1.54) is 12.1 Å². The van der Waals surface area contributed by atoms with Crippen LogP contribution in [0.1, 0.15) is 29.4 Å². The first-order chi connectivity index (χ1) is 19.5. The minimum atomic E-state index is -0.339. The summed E-state index contributed by atoms with van der Waals surface area (Å²) < 4.78 is 17.0. The second-order valence-electron chi connectivity index (χ2n) is 10.0. The first-order valence-electron chi connectivity index (χ1n) is 13.3. The Balaban J connectivity index is 1.23. The highest BCUT2D eigenvalue weighted by Crippen LogP contribution is 2.28. The summed E-state index contributed by atoms with van der Waals surface area (Å²) in [5, 5.41) is 4.75. The molecule has 4 heterocycles. The third kappa shape index (κ3) is 4.16. The van der Waals surface area contributed by atoms with E-state index in [2.05, 4.69) is 4.98 Å². The summed E-state index contributed by atoms with van der Waals surface area (Å²) in [5.74, 6) is -0.503. The second-order valence-corrected chi connectivity index (χ2v) is 10.0. The molecule has 7 rings (SSSR count). The number of hydrogen-bond acceptors (Lipinski definition) is 4. The average Bonchev–Trinajstić information content (AvgIpc) is 3.58. The summed E-state index contributed by atoms with van der Waals surface area (Å²) >= 11 is 0. The molecule has 0 aliphatic carbocycles. The van der Waals surface area contributed by atoms with Crippen molar-refractivity contribution in [3.63, 3.8) is 0 Å². The molecule has 6 aromatic rings. The Morgan fingerprint density at radius 3 is 2.33 bits per heavy atom. The molecular formula is C31H25FN6O2. The predicted octanol–water partition coefficient (Wildman–Crippen LogP) is 5.32. The molecule has 1 aliphatic heterocycles. The molecule has 40 heavy (non-hydrogen) atoms. The van der Waals surface area contributed by atoms with Crippen molar-refractivity contribution in [1.29, 1.82) is 0 Å². The Morgan fingerprint density at radius 2 is 1.55 bits per heavy atom. The fraction of sp³-hybridized carbons (Fsp3) is 0.161. The van der Waals surface area contributed by atoms with E-state index in [4.69, 9.17) is 10.1 Å². The number of aromatic nitrogens is 5.